The second-order valence-corrected chi connectivity index (χ2v) is 5.86. The van der Waals surface area contributed by atoms with Gasteiger partial charge in [0.15, 0.2) is 0 Å². The molecule has 90 valence electrons. The minimum Gasteiger partial charge on any atom is -0.480 e. The molecule has 16 heavy (non-hydrogen) atoms. The Morgan fingerprint density at radius 2 is 1.94 bits per heavy atom. The van der Waals surface area contributed by atoms with Crippen LogP contribution in [0.5, 0.6) is 0 Å². The number of carboxylic acids is 1. The van der Waals surface area contributed by atoms with Gasteiger partial charge in [0, 0.05) is 11.3 Å². The summed E-state index contributed by atoms with van der Waals surface area (Å²) in [6.07, 6.45) is 5.34. The summed E-state index contributed by atoms with van der Waals surface area (Å²) < 4.78 is 0.206. The number of hydrogen-bond acceptors (Lipinski definition) is 3. The number of aliphatic carboxylic acids is 1. The predicted molar refractivity (Wildman–Crippen MR) is 61.6 cm³/mol. The average molecular weight is 244 g/mol. The number of thioether (sulfide) groups is 1. The zero-order valence-electron chi connectivity index (χ0n) is 9.21. The highest BCUT2D eigenvalue weighted by molar-refractivity contribution is 8.00. The van der Waals surface area contributed by atoms with E-state index in [1.165, 1.54) is 0 Å². The van der Waals surface area contributed by atoms with Crippen molar-refractivity contribution in [3.8, 4) is 0 Å². The number of carboxylic acid groups (broad SMARTS) is 1. The second-order valence-electron chi connectivity index (χ2n) is 4.58. The van der Waals surface area contributed by atoms with Crippen LogP contribution in [0.15, 0.2) is 0 Å². The van der Waals surface area contributed by atoms with Gasteiger partial charge in [-0.05, 0) is 31.9 Å². The van der Waals surface area contributed by atoms with E-state index in [0.717, 1.165) is 12.8 Å². The van der Waals surface area contributed by atoms with Gasteiger partial charge >= 0.3 is 12.0 Å². The van der Waals surface area contributed by atoms with Gasteiger partial charge in [-0.1, -0.05) is 0 Å². The summed E-state index contributed by atoms with van der Waals surface area (Å²) >= 11 is 1.76. The molecule has 2 rings (SSSR count). The quantitative estimate of drug-likeness (QED) is 0.668. The van der Waals surface area contributed by atoms with Crippen LogP contribution < -0.4 is 10.6 Å². The Labute approximate surface area is 98.4 Å². The van der Waals surface area contributed by atoms with Crippen LogP contribution >= 0.6 is 11.8 Å². The first-order chi connectivity index (χ1) is 7.52. The third-order valence-electron chi connectivity index (χ3n) is 3.32. The van der Waals surface area contributed by atoms with E-state index in [-0.39, 0.29) is 10.8 Å². The number of hydrogen-bond donors (Lipinski definition) is 3. The third-order valence-corrected chi connectivity index (χ3v) is 4.74. The van der Waals surface area contributed by atoms with Crippen LogP contribution in [0.1, 0.15) is 25.7 Å². The van der Waals surface area contributed by atoms with Gasteiger partial charge in [-0.3, -0.25) is 0 Å². The topological polar surface area (TPSA) is 78.4 Å². The standard InChI is InChI=1S/C10H16N2O3S/c1-16-9(2-3-9)6-11-8(15)12-10(4-5-10)7(13)14/h2-6H2,1H3,(H,13,14)(H2,11,12,15). The number of urea groups is 1. The Hall–Kier alpha value is -0.910. The molecule has 6 heteroatoms. The lowest BCUT2D eigenvalue weighted by atomic mass is 10.3. The van der Waals surface area contributed by atoms with E-state index < -0.39 is 11.5 Å². The number of rotatable bonds is 5. The highest BCUT2D eigenvalue weighted by Gasteiger charge is 2.52. The zero-order chi connectivity index (χ0) is 11.8. The lowest BCUT2D eigenvalue weighted by Crippen LogP contribution is -2.49. The molecule has 0 aromatic heterocycles. The van der Waals surface area contributed by atoms with Crippen LogP contribution in [0.2, 0.25) is 0 Å². The fourth-order valence-corrected chi connectivity index (χ4v) is 2.34. The summed E-state index contributed by atoms with van der Waals surface area (Å²) in [6, 6.07) is -0.361. The van der Waals surface area contributed by atoms with E-state index in [9.17, 15) is 9.59 Å². The Morgan fingerprint density at radius 1 is 1.31 bits per heavy atom. The van der Waals surface area contributed by atoms with E-state index in [1.807, 2.05) is 6.26 Å². The summed E-state index contributed by atoms with van der Waals surface area (Å²) in [5, 5.41) is 14.2. The second kappa shape index (κ2) is 3.84. The van der Waals surface area contributed by atoms with Gasteiger partial charge in [0.1, 0.15) is 5.54 Å². The summed E-state index contributed by atoms with van der Waals surface area (Å²) in [7, 11) is 0. The maximum Gasteiger partial charge on any atom is 0.329 e. The van der Waals surface area contributed by atoms with Crippen molar-refractivity contribution in [2.24, 2.45) is 0 Å². The molecule has 0 spiro atoms. The number of amides is 2. The van der Waals surface area contributed by atoms with Crippen molar-refractivity contribution in [2.45, 2.75) is 36.0 Å². The molecule has 0 atom stereocenters. The predicted octanol–water partition coefficient (Wildman–Crippen LogP) is 0.798. The maximum absolute atomic E-state index is 11.5. The number of nitrogens with one attached hydrogen (secondary N) is 2. The van der Waals surface area contributed by atoms with Crippen LogP contribution in [-0.4, -0.2) is 40.2 Å². The molecule has 0 saturated heterocycles. The van der Waals surface area contributed by atoms with Gasteiger partial charge in [0.05, 0.1) is 0 Å². The van der Waals surface area contributed by atoms with E-state index >= 15 is 0 Å². The van der Waals surface area contributed by atoms with Crippen LogP contribution in [0.25, 0.3) is 0 Å². The van der Waals surface area contributed by atoms with E-state index in [2.05, 4.69) is 10.6 Å². The maximum atomic E-state index is 11.5. The van der Waals surface area contributed by atoms with Crippen molar-refractivity contribution < 1.29 is 14.7 Å². The molecule has 2 saturated carbocycles. The summed E-state index contributed by atoms with van der Waals surface area (Å²) in [5.74, 6) is -0.936. The molecule has 2 aliphatic rings. The van der Waals surface area contributed by atoms with Crippen molar-refractivity contribution in [3.63, 3.8) is 0 Å². The Balaban J connectivity index is 1.75. The van der Waals surface area contributed by atoms with Gasteiger partial charge in [-0.25, -0.2) is 9.59 Å². The van der Waals surface area contributed by atoms with E-state index in [1.54, 1.807) is 11.8 Å². The number of carbonyl (C=O) groups is 2. The molecule has 2 amide bonds. The minimum absolute atomic E-state index is 0.206. The molecular formula is C10H16N2O3S. The first-order valence-corrected chi connectivity index (χ1v) is 6.59. The van der Waals surface area contributed by atoms with Crippen LogP contribution in [-0.2, 0) is 4.79 Å². The third kappa shape index (κ3) is 2.26. The van der Waals surface area contributed by atoms with Gasteiger partial charge in [0.25, 0.3) is 0 Å². The largest absolute Gasteiger partial charge is 0.480 e. The Morgan fingerprint density at radius 3 is 2.31 bits per heavy atom. The first kappa shape index (κ1) is 11.6. The van der Waals surface area contributed by atoms with Gasteiger partial charge in [-0.15, -0.1) is 0 Å². The highest BCUT2D eigenvalue weighted by Crippen LogP contribution is 2.46. The fourth-order valence-electron chi connectivity index (χ4n) is 1.61. The van der Waals surface area contributed by atoms with E-state index in [0.29, 0.717) is 19.4 Å². The monoisotopic (exact) mass is 244 g/mol. The van der Waals surface area contributed by atoms with Gasteiger partial charge < -0.3 is 15.7 Å². The molecular weight excluding hydrogens is 228 g/mol. The van der Waals surface area contributed by atoms with Crippen molar-refractivity contribution in [2.75, 3.05) is 12.8 Å². The molecule has 0 bridgehead atoms. The molecule has 0 heterocycles. The Bertz CT molecular complexity index is 324. The van der Waals surface area contributed by atoms with Crippen LogP contribution in [0, 0.1) is 0 Å². The fraction of sp³-hybridized carbons (Fsp3) is 0.800. The molecule has 0 aromatic rings. The normalized spacial score (nSPS) is 23.3. The summed E-state index contributed by atoms with van der Waals surface area (Å²) in [6.45, 7) is 0.621. The molecule has 3 N–H and O–H groups in total. The van der Waals surface area contributed by atoms with Crippen molar-refractivity contribution >= 4 is 23.8 Å². The SMILES string of the molecule is CSC1(CNC(=O)NC2(C(=O)O)CC2)CC1. The van der Waals surface area contributed by atoms with Crippen molar-refractivity contribution in [1.29, 1.82) is 0 Å². The molecule has 2 fully saturated rings. The minimum atomic E-state index is -0.986. The summed E-state index contributed by atoms with van der Waals surface area (Å²) in [5.41, 5.74) is -0.986. The smallest absolute Gasteiger partial charge is 0.329 e. The Kier molecular flexibility index (Phi) is 2.77. The molecule has 0 aliphatic heterocycles. The zero-order valence-corrected chi connectivity index (χ0v) is 10.0. The first-order valence-electron chi connectivity index (χ1n) is 5.37. The molecule has 0 unspecified atom stereocenters. The average Bonchev–Trinajstić information content (AvgIpc) is 3.11. The molecule has 2 aliphatic carbocycles. The highest BCUT2D eigenvalue weighted by atomic mass is 32.2. The lowest BCUT2D eigenvalue weighted by Gasteiger charge is -2.16. The molecule has 0 aromatic carbocycles. The lowest BCUT2D eigenvalue weighted by molar-refractivity contribution is -0.140. The van der Waals surface area contributed by atoms with Crippen molar-refractivity contribution in [1.82, 2.24) is 10.6 Å². The van der Waals surface area contributed by atoms with Gasteiger partial charge in [-0.2, -0.15) is 11.8 Å². The van der Waals surface area contributed by atoms with Crippen molar-refractivity contribution in [3.05, 3.63) is 0 Å². The summed E-state index contributed by atoms with van der Waals surface area (Å²) in [4.78, 5) is 22.3. The molecule has 5 nitrogen and oxygen atoms in total. The number of carbonyl (C=O) groups excluding carboxylic acids is 1. The van der Waals surface area contributed by atoms with Gasteiger partial charge in [0.2, 0.25) is 0 Å². The van der Waals surface area contributed by atoms with E-state index in [4.69, 9.17) is 5.11 Å². The molecule has 0 radical (unpaired) electrons. The van der Waals surface area contributed by atoms with Crippen LogP contribution in [0.4, 0.5) is 4.79 Å². The van der Waals surface area contributed by atoms with Crippen LogP contribution in [0.3, 0.4) is 0 Å².